The second-order valence-electron chi connectivity index (χ2n) is 3.91. The minimum atomic E-state index is -2.50. The molecular formula is C12H21NO3Si. The molecule has 5 heteroatoms. The fraction of sp³-hybridized carbons (Fsp3) is 0.500. The van der Waals surface area contributed by atoms with Gasteiger partial charge in [-0.2, -0.15) is 0 Å². The molecule has 0 spiro atoms. The highest BCUT2D eigenvalue weighted by Gasteiger charge is 2.39. The molecule has 1 atom stereocenters. The predicted octanol–water partition coefficient (Wildman–Crippen LogP) is 2.37. The maximum absolute atomic E-state index is 5.40. The lowest BCUT2D eigenvalue weighted by atomic mass is 10.3. The Labute approximate surface area is 104 Å². The van der Waals surface area contributed by atoms with Crippen LogP contribution >= 0.6 is 0 Å². The predicted molar refractivity (Wildman–Crippen MR) is 71.1 cm³/mol. The third-order valence-electron chi connectivity index (χ3n) is 2.68. The normalized spacial score (nSPS) is 13.4. The minimum Gasteiger partial charge on any atom is -0.383 e. The zero-order chi connectivity index (χ0) is 12.7. The van der Waals surface area contributed by atoms with Gasteiger partial charge in [0.1, 0.15) is 0 Å². The van der Waals surface area contributed by atoms with E-state index in [-0.39, 0.29) is 6.04 Å². The summed E-state index contributed by atoms with van der Waals surface area (Å²) >= 11 is 0. The van der Waals surface area contributed by atoms with Crippen LogP contribution < -0.4 is 5.32 Å². The van der Waals surface area contributed by atoms with E-state index < -0.39 is 8.80 Å². The molecule has 0 bridgehead atoms. The average Bonchev–Trinajstić information content (AvgIpc) is 2.37. The van der Waals surface area contributed by atoms with Gasteiger partial charge in [0.25, 0.3) is 0 Å². The van der Waals surface area contributed by atoms with E-state index in [1.807, 2.05) is 30.3 Å². The SMILES string of the molecule is CO[Si](CC(C)Nc1ccccc1)(OC)OC. The molecule has 0 saturated carbocycles. The van der Waals surface area contributed by atoms with Crippen LogP contribution in [0.5, 0.6) is 0 Å². The summed E-state index contributed by atoms with van der Waals surface area (Å²) in [6.45, 7) is 2.09. The van der Waals surface area contributed by atoms with Gasteiger partial charge in [0, 0.05) is 39.1 Å². The lowest BCUT2D eigenvalue weighted by Crippen LogP contribution is -2.46. The average molecular weight is 255 g/mol. The maximum Gasteiger partial charge on any atom is 0.502 e. The van der Waals surface area contributed by atoms with Gasteiger partial charge in [0.05, 0.1) is 0 Å². The largest absolute Gasteiger partial charge is 0.502 e. The summed E-state index contributed by atoms with van der Waals surface area (Å²) < 4.78 is 16.2. The van der Waals surface area contributed by atoms with Gasteiger partial charge >= 0.3 is 8.80 Å². The molecule has 1 unspecified atom stereocenters. The topological polar surface area (TPSA) is 39.7 Å². The number of hydrogen-bond acceptors (Lipinski definition) is 4. The van der Waals surface area contributed by atoms with Gasteiger partial charge in [0.15, 0.2) is 0 Å². The number of hydrogen-bond donors (Lipinski definition) is 1. The monoisotopic (exact) mass is 255 g/mol. The van der Waals surface area contributed by atoms with Gasteiger partial charge in [0.2, 0.25) is 0 Å². The van der Waals surface area contributed by atoms with Gasteiger partial charge in [-0.3, -0.25) is 0 Å². The molecule has 1 rings (SSSR count). The van der Waals surface area contributed by atoms with E-state index in [1.54, 1.807) is 21.3 Å². The summed E-state index contributed by atoms with van der Waals surface area (Å²) in [6, 6.07) is 11.0. The highest BCUT2D eigenvalue weighted by atomic mass is 28.4. The minimum absolute atomic E-state index is 0.226. The van der Waals surface area contributed by atoms with Crippen molar-refractivity contribution in [2.45, 2.75) is 19.0 Å². The van der Waals surface area contributed by atoms with Crippen LogP contribution in [0.2, 0.25) is 6.04 Å². The smallest absolute Gasteiger partial charge is 0.383 e. The van der Waals surface area contributed by atoms with Crippen LogP contribution in [0.1, 0.15) is 6.92 Å². The van der Waals surface area contributed by atoms with Gasteiger partial charge in [-0.1, -0.05) is 18.2 Å². The molecule has 0 aliphatic carbocycles. The number of nitrogens with one attached hydrogen (secondary N) is 1. The van der Waals surface area contributed by atoms with Crippen LogP contribution in [-0.4, -0.2) is 36.2 Å². The summed E-state index contributed by atoms with van der Waals surface area (Å²) in [7, 11) is 2.40. The lowest BCUT2D eigenvalue weighted by Gasteiger charge is -2.27. The molecular weight excluding hydrogens is 234 g/mol. The molecule has 1 N–H and O–H groups in total. The molecule has 0 aliphatic heterocycles. The Bertz CT molecular complexity index is 309. The van der Waals surface area contributed by atoms with Gasteiger partial charge < -0.3 is 18.6 Å². The molecule has 96 valence electrons. The number of para-hydroxylation sites is 1. The van der Waals surface area contributed by atoms with Crippen LogP contribution in [0, 0.1) is 0 Å². The Balaban J connectivity index is 2.56. The van der Waals surface area contributed by atoms with Crippen LogP contribution in [0.25, 0.3) is 0 Å². The number of rotatable bonds is 7. The standard InChI is InChI=1S/C12H21NO3Si/c1-11(10-17(14-2,15-3)16-4)13-12-8-6-5-7-9-12/h5-9,11,13H,10H2,1-4H3. The molecule has 0 heterocycles. The summed E-state index contributed by atoms with van der Waals surface area (Å²) in [4.78, 5) is 0. The van der Waals surface area contributed by atoms with Gasteiger partial charge in [-0.05, 0) is 19.1 Å². The van der Waals surface area contributed by atoms with Gasteiger partial charge in [-0.15, -0.1) is 0 Å². The van der Waals surface area contributed by atoms with Crippen molar-refractivity contribution in [3.8, 4) is 0 Å². The molecule has 0 aliphatic rings. The van der Waals surface area contributed by atoms with Crippen molar-refractivity contribution in [3.05, 3.63) is 30.3 Å². The first-order valence-corrected chi connectivity index (χ1v) is 7.56. The zero-order valence-electron chi connectivity index (χ0n) is 10.9. The molecule has 0 radical (unpaired) electrons. The molecule has 1 aromatic rings. The van der Waals surface area contributed by atoms with Crippen LogP contribution in [0.15, 0.2) is 30.3 Å². The zero-order valence-corrected chi connectivity index (χ0v) is 11.9. The second-order valence-corrected chi connectivity index (χ2v) is 6.91. The summed E-state index contributed by atoms with van der Waals surface area (Å²) in [5, 5.41) is 3.39. The highest BCUT2D eigenvalue weighted by molar-refractivity contribution is 6.60. The van der Waals surface area contributed by atoms with E-state index in [0.29, 0.717) is 0 Å². The van der Waals surface area contributed by atoms with Gasteiger partial charge in [-0.25, -0.2) is 0 Å². The maximum atomic E-state index is 5.40. The van der Waals surface area contributed by atoms with E-state index >= 15 is 0 Å². The first-order chi connectivity index (χ1) is 8.15. The van der Waals surface area contributed by atoms with E-state index in [0.717, 1.165) is 11.7 Å². The van der Waals surface area contributed by atoms with Crippen LogP contribution in [-0.2, 0) is 13.3 Å². The van der Waals surface area contributed by atoms with Crippen molar-refractivity contribution in [1.29, 1.82) is 0 Å². The van der Waals surface area contributed by atoms with Crippen molar-refractivity contribution in [2.75, 3.05) is 26.6 Å². The Morgan fingerprint density at radius 1 is 1.06 bits per heavy atom. The molecule has 0 aromatic heterocycles. The van der Waals surface area contributed by atoms with E-state index in [4.69, 9.17) is 13.3 Å². The quantitative estimate of drug-likeness (QED) is 0.759. The van der Waals surface area contributed by atoms with E-state index in [9.17, 15) is 0 Å². The molecule has 0 saturated heterocycles. The molecule has 0 amide bonds. The van der Waals surface area contributed by atoms with Crippen molar-refractivity contribution < 1.29 is 13.3 Å². The lowest BCUT2D eigenvalue weighted by molar-refractivity contribution is 0.122. The summed E-state index contributed by atoms with van der Waals surface area (Å²) in [5.41, 5.74) is 1.09. The van der Waals surface area contributed by atoms with E-state index in [1.165, 1.54) is 0 Å². The second kappa shape index (κ2) is 6.76. The van der Waals surface area contributed by atoms with Crippen molar-refractivity contribution in [3.63, 3.8) is 0 Å². The molecule has 1 aromatic carbocycles. The van der Waals surface area contributed by atoms with Crippen LogP contribution in [0.3, 0.4) is 0 Å². The van der Waals surface area contributed by atoms with Crippen molar-refractivity contribution in [2.24, 2.45) is 0 Å². The van der Waals surface area contributed by atoms with Crippen LogP contribution in [0.4, 0.5) is 5.69 Å². The Hall–Kier alpha value is -0.883. The summed E-state index contributed by atoms with van der Waals surface area (Å²) in [5.74, 6) is 0. The highest BCUT2D eigenvalue weighted by Crippen LogP contribution is 2.18. The van der Waals surface area contributed by atoms with Crippen molar-refractivity contribution >= 4 is 14.5 Å². The summed E-state index contributed by atoms with van der Waals surface area (Å²) in [6.07, 6.45) is 0. The third kappa shape index (κ3) is 4.12. The Morgan fingerprint density at radius 2 is 1.59 bits per heavy atom. The van der Waals surface area contributed by atoms with Crippen molar-refractivity contribution in [1.82, 2.24) is 0 Å². The first-order valence-electron chi connectivity index (χ1n) is 5.63. The number of anilines is 1. The Morgan fingerprint density at radius 3 is 2.06 bits per heavy atom. The van der Waals surface area contributed by atoms with E-state index in [2.05, 4.69) is 12.2 Å². The third-order valence-corrected chi connectivity index (χ3v) is 5.65. The fourth-order valence-electron chi connectivity index (χ4n) is 1.74. The molecule has 0 fully saturated rings. The molecule has 17 heavy (non-hydrogen) atoms. The Kier molecular flexibility index (Phi) is 5.63. The first kappa shape index (κ1) is 14.2. The number of benzene rings is 1. The molecule has 4 nitrogen and oxygen atoms in total. The fourth-order valence-corrected chi connectivity index (χ4v) is 3.60.